The molecule has 0 aromatic heterocycles. The lowest BCUT2D eigenvalue weighted by molar-refractivity contribution is -0.129. The second-order valence-electron chi connectivity index (χ2n) is 4.53. The van der Waals surface area contributed by atoms with E-state index in [0.717, 1.165) is 22.8 Å². The van der Waals surface area contributed by atoms with Crippen molar-refractivity contribution in [2.45, 2.75) is 13.3 Å². The first-order chi connectivity index (χ1) is 8.72. The number of carbonyl (C=O) groups is 1. The predicted molar refractivity (Wildman–Crippen MR) is 70.5 cm³/mol. The highest BCUT2D eigenvalue weighted by Crippen LogP contribution is 2.28. The standard InChI is InChI=1S/C15H16O3/c1-11(9-18-10-16)8-12-6-7-15(17)14-5-3-2-4-13(12)14/h2-7,10-11,17H,8-9H2,1H3/t11-/m1/s1. The van der Waals surface area contributed by atoms with Gasteiger partial charge in [0.25, 0.3) is 6.47 Å². The Labute approximate surface area is 106 Å². The van der Waals surface area contributed by atoms with Gasteiger partial charge in [-0.25, -0.2) is 0 Å². The Hall–Kier alpha value is -2.03. The van der Waals surface area contributed by atoms with Gasteiger partial charge in [-0.15, -0.1) is 0 Å². The molecule has 2 aromatic carbocycles. The number of phenolic OH excluding ortho intramolecular Hbond substituents is 1. The van der Waals surface area contributed by atoms with Crippen molar-refractivity contribution in [3.8, 4) is 5.75 Å². The Morgan fingerprint density at radius 2 is 1.94 bits per heavy atom. The summed E-state index contributed by atoms with van der Waals surface area (Å²) in [5, 5.41) is 11.7. The van der Waals surface area contributed by atoms with E-state index >= 15 is 0 Å². The summed E-state index contributed by atoms with van der Waals surface area (Å²) >= 11 is 0. The highest BCUT2D eigenvalue weighted by Gasteiger charge is 2.09. The maximum Gasteiger partial charge on any atom is 0.293 e. The maximum absolute atomic E-state index is 10.2. The van der Waals surface area contributed by atoms with Crippen LogP contribution in [0.25, 0.3) is 10.8 Å². The van der Waals surface area contributed by atoms with Crippen molar-refractivity contribution in [1.29, 1.82) is 0 Å². The fourth-order valence-electron chi connectivity index (χ4n) is 2.16. The minimum Gasteiger partial charge on any atom is -0.507 e. The number of aromatic hydroxyl groups is 1. The average Bonchev–Trinajstić information content (AvgIpc) is 2.40. The molecule has 0 saturated heterocycles. The number of fused-ring (bicyclic) bond motifs is 1. The van der Waals surface area contributed by atoms with Crippen LogP contribution in [0.15, 0.2) is 36.4 Å². The molecule has 94 valence electrons. The molecule has 3 heteroatoms. The molecular weight excluding hydrogens is 228 g/mol. The number of carbonyl (C=O) groups excluding carboxylic acids is 1. The van der Waals surface area contributed by atoms with E-state index in [1.807, 2.05) is 37.3 Å². The third kappa shape index (κ3) is 2.62. The van der Waals surface area contributed by atoms with E-state index in [4.69, 9.17) is 4.74 Å². The molecule has 3 nitrogen and oxygen atoms in total. The first kappa shape index (κ1) is 12.4. The normalized spacial score (nSPS) is 12.3. The van der Waals surface area contributed by atoms with Crippen LogP contribution in [-0.2, 0) is 16.0 Å². The summed E-state index contributed by atoms with van der Waals surface area (Å²) in [4.78, 5) is 10.2. The quantitative estimate of drug-likeness (QED) is 0.823. The van der Waals surface area contributed by atoms with Crippen LogP contribution < -0.4 is 0 Å². The lowest BCUT2D eigenvalue weighted by Gasteiger charge is -2.13. The van der Waals surface area contributed by atoms with Crippen molar-refractivity contribution in [2.24, 2.45) is 5.92 Å². The van der Waals surface area contributed by atoms with Crippen molar-refractivity contribution in [1.82, 2.24) is 0 Å². The molecule has 0 bridgehead atoms. The summed E-state index contributed by atoms with van der Waals surface area (Å²) in [6.07, 6.45) is 0.814. The topological polar surface area (TPSA) is 46.5 Å². The van der Waals surface area contributed by atoms with Crippen molar-refractivity contribution >= 4 is 17.2 Å². The van der Waals surface area contributed by atoms with Crippen LogP contribution in [0.1, 0.15) is 12.5 Å². The SMILES string of the molecule is C[C@@H](COC=O)Cc1ccc(O)c2ccccc12. The zero-order valence-electron chi connectivity index (χ0n) is 10.3. The summed E-state index contributed by atoms with van der Waals surface area (Å²) in [7, 11) is 0. The molecule has 0 fully saturated rings. The van der Waals surface area contributed by atoms with Gasteiger partial charge in [0, 0.05) is 5.39 Å². The average molecular weight is 244 g/mol. The Balaban J connectivity index is 2.28. The lowest BCUT2D eigenvalue weighted by Crippen LogP contribution is -2.08. The number of phenols is 1. The second-order valence-corrected chi connectivity index (χ2v) is 4.53. The number of ether oxygens (including phenoxy) is 1. The molecule has 0 unspecified atom stereocenters. The van der Waals surface area contributed by atoms with Crippen LogP contribution in [-0.4, -0.2) is 18.2 Å². The fourth-order valence-corrected chi connectivity index (χ4v) is 2.16. The van der Waals surface area contributed by atoms with Crippen LogP contribution in [0.2, 0.25) is 0 Å². The molecule has 2 rings (SSSR count). The lowest BCUT2D eigenvalue weighted by atomic mass is 9.96. The predicted octanol–water partition coefficient (Wildman–Crippen LogP) is 2.90. The van der Waals surface area contributed by atoms with Crippen LogP contribution >= 0.6 is 0 Å². The van der Waals surface area contributed by atoms with Crippen LogP contribution in [0.5, 0.6) is 5.75 Å². The van der Waals surface area contributed by atoms with E-state index in [0.29, 0.717) is 18.8 Å². The fraction of sp³-hybridized carbons (Fsp3) is 0.267. The van der Waals surface area contributed by atoms with Gasteiger partial charge in [-0.05, 0) is 29.4 Å². The van der Waals surface area contributed by atoms with Crippen molar-refractivity contribution in [3.05, 3.63) is 42.0 Å². The third-order valence-corrected chi connectivity index (χ3v) is 3.01. The Bertz CT molecular complexity index is 548. The van der Waals surface area contributed by atoms with Gasteiger partial charge in [-0.3, -0.25) is 4.79 Å². The number of hydrogen-bond acceptors (Lipinski definition) is 3. The number of rotatable bonds is 5. The highest BCUT2D eigenvalue weighted by molar-refractivity contribution is 5.90. The molecule has 1 N–H and O–H groups in total. The Morgan fingerprint density at radius 3 is 2.67 bits per heavy atom. The van der Waals surface area contributed by atoms with Crippen LogP contribution in [0, 0.1) is 5.92 Å². The van der Waals surface area contributed by atoms with Gasteiger partial charge in [0.1, 0.15) is 5.75 Å². The smallest absolute Gasteiger partial charge is 0.293 e. The largest absolute Gasteiger partial charge is 0.507 e. The number of benzene rings is 2. The van der Waals surface area contributed by atoms with E-state index in [9.17, 15) is 9.90 Å². The molecule has 0 amide bonds. The maximum atomic E-state index is 10.2. The molecule has 0 spiro atoms. The minimum absolute atomic E-state index is 0.253. The molecular formula is C15H16O3. The zero-order chi connectivity index (χ0) is 13.0. The Morgan fingerprint density at radius 1 is 1.22 bits per heavy atom. The number of hydrogen-bond donors (Lipinski definition) is 1. The van der Waals surface area contributed by atoms with Gasteiger partial charge in [-0.1, -0.05) is 37.3 Å². The molecule has 0 aliphatic rings. The third-order valence-electron chi connectivity index (χ3n) is 3.01. The zero-order valence-corrected chi connectivity index (χ0v) is 10.3. The van der Waals surface area contributed by atoms with Gasteiger partial charge >= 0.3 is 0 Å². The summed E-state index contributed by atoms with van der Waals surface area (Å²) in [6, 6.07) is 11.4. The summed E-state index contributed by atoms with van der Waals surface area (Å²) in [6.45, 7) is 2.93. The second kappa shape index (κ2) is 5.54. The molecule has 0 heterocycles. The summed E-state index contributed by atoms with van der Waals surface area (Å²) < 4.78 is 4.77. The minimum atomic E-state index is 0.253. The molecule has 0 aliphatic carbocycles. The van der Waals surface area contributed by atoms with Gasteiger partial charge < -0.3 is 9.84 Å². The van der Waals surface area contributed by atoms with E-state index in [1.165, 1.54) is 0 Å². The van der Waals surface area contributed by atoms with Gasteiger partial charge in [0.05, 0.1) is 6.61 Å². The van der Waals surface area contributed by atoms with Crippen molar-refractivity contribution in [2.75, 3.05) is 6.61 Å². The molecule has 0 radical (unpaired) electrons. The first-order valence-electron chi connectivity index (χ1n) is 5.97. The molecule has 0 saturated carbocycles. The first-order valence-corrected chi connectivity index (χ1v) is 5.97. The van der Waals surface area contributed by atoms with E-state index in [1.54, 1.807) is 6.07 Å². The summed E-state index contributed by atoms with van der Waals surface area (Å²) in [5.41, 5.74) is 1.16. The molecule has 1 atom stereocenters. The monoisotopic (exact) mass is 244 g/mol. The van der Waals surface area contributed by atoms with Gasteiger partial charge in [0.2, 0.25) is 0 Å². The highest BCUT2D eigenvalue weighted by atomic mass is 16.5. The van der Waals surface area contributed by atoms with E-state index in [2.05, 4.69) is 0 Å². The molecule has 0 aliphatic heterocycles. The van der Waals surface area contributed by atoms with E-state index in [-0.39, 0.29) is 5.92 Å². The Kier molecular flexibility index (Phi) is 3.82. The van der Waals surface area contributed by atoms with Crippen molar-refractivity contribution in [3.63, 3.8) is 0 Å². The van der Waals surface area contributed by atoms with Crippen LogP contribution in [0.4, 0.5) is 0 Å². The summed E-state index contributed by atoms with van der Waals surface area (Å²) in [5.74, 6) is 0.550. The van der Waals surface area contributed by atoms with Gasteiger partial charge in [0.15, 0.2) is 0 Å². The molecule has 18 heavy (non-hydrogen) atoms. The molecule has 2 aromatic rings. The van der Waals surface area contributed by atoms with Crippen LogP contribution in [0.3, 0.4) is 0 Å². The van der Waals surface area contributed by atoms with Crippen molar-refractivity contribution < 1.29 is 14.6 Å². The van der Waals surface area contributed by atoms with E-state index < -0.39 is 0 Å². The van der Waals surface area contributed by atoms with Gasteiger partial charge in [-0.2, -0.15) is 0 Å².